The van der Waals surface area contributed by atoms with Crippen molar-refractivity contribution in [1.82, 2.24) is 0 Å². The van der Waals surface area contributed by atoms with E-state index in [1.807, 2.05) is 0 Å². The highest BCUT2D eigenvalue weighted by atomic mass is 16.6. The summed E-state index contributed by atoms with van der Waals surface area (Å²) in [5, 5.41) is 0. The van der Waals surface area contributed by atoms with E-state index in [1.165, 1.54) is 6.92 Å². The topological polar surface area (TPSA) is 78.9 Å². The van der Waals surface area contributed by atoms with E-state index in [2.05, 4.69) is 11.3 Å². The lowest BCUT2D eigenvalue weighted by Crippen LogP contribution is -2.15. The van der Waals surface area contributed by atoms with E-state index >= 15 is 0 Å². The SMILES string of the molecule is C=C(C)C(=O)OCCOC(=O)CCC(=O)OCC. The zero-order valence-electron chi connectivity index (χ0n) is 10.7. The Labute approximate surface area is 106 Å². The van der Waals surface area contributed by atoms with E-state index < -0.39 is 17.9 Å². The van der Waals surface area contributed by atoms with Gasteiger partial charge in [0.2, 0.25) is 0 Å². The Morgan fingerprint density at radius 2 is 1.44 bits per heavy atom. The molecule has 0 aliphatic heterocycles. The summed E-state index contributed by atoms with van der Waals surface area (Å²) in [6.45, 7) is 6.82. The second-order valence-corrected chi connectivity index (χ2v) is 3.44. The molecule has 0 aromatic rings. The van der Waals surface area contributed by atoms with Gasteiger partial charge in [0.25, 0.3) is 0 Å². The van der Waals surface area contributed by atoms with Crippen LogP contribution in [0.15, 0.2) is 12.2 Å². The van der Waals surface area contributed by atoms with Gasteiger partial charge in [0.05, 0.1) is 19.4 Å². The van der Waals surface area contributed by atoms with Crippen LogP contribution < -0.4 is 0 Å². The Kier molecular flexibility index (Phi) is 8.26. The minimum atomic E-state index is -0.533. The third-order valence-electron chi connectivity index (χ3n) is 1.77. The van der Waals surface area contributed by atoms with Crippen molar-refractivity contribution in [3.8, 4) is 0 Å². The van der Waals surface area contributed by atoms with Gasteiger partial charge in [-0.05, 0) is 13.8 Å². The average Bonchev–Trinajstić information content (AvgIpc) is 2.32. The standard InChI is InChI=1S/C12H18O6/c1-4-16-10(13)5-6-11(14)17-7-8-18-12(15)9(2)3/h2,4-8H2,1,3H3. The molecule has 0 N–H and O–H groups in total. The third-order valence-corrected chi connectivity index (χ3v) is 1.77. The Morgan fingerprint density at radius 3 is 1.94 bits per heavy atom. The fourth-order valence-electron chi connectivity index (χ4n) is 0.923. The van der Waals surface area contributed by atoms with Gasteiger partial charge in [-0.2, -0.15) is 0 Å². The number of hydrogen-bond donors (Lipinski definition) is 0. The van der Waals surface area contributed by atoms with Gasteiger partial charge in [-0.15, -0.1) is 0 Å². The highest BCUT2D eigenvalue weighted by molar-refractivity contribution is 5.86. The smallest absolute Gasteiger partial charge is 0.333 e. The fourth-order valence-corrected chi connectivity index (χ4v) is 0.923. The van der Waals surface area contributed by atoms with Crippen LogP contribution in [-0.4, -0.2) is 37.7 Å². The minimum Gasteiger partial charge on any atom is -0.466 e. The molecule has 0 aliphatic carbocycles. The zero-order valence-corrected chi connectivity index (χ0v) is 10.7. The Bertz CT molecular complexity index is 321. The van der Waals surface area contributed by atoms with E-state index in [0.717, 1.165) is 0 Å². The van der Waals surface area contributed by atoms with Crippen molar-refractivity contribution in [3.63, 3.8) is 0 Å². The summed E-state index contributed by atoms with van der Waals surface area (Å²) in [4.78, 5) is 33.0. The molecule has 0 unspecified atom stereocenters. The molecule has 0 aromatic carbocycles. The van der Waals surface area contributed by atoms with Gasteiger partial charge >= 0.3 is 17.9 Å². The van der Waals surface area contributed by atoms with Crippen molar-refractivity contribution in [2.24, 2.45) is 0 Å². The molecule has 0 spiro atoms. The van der Waals surface area contributed by atoms with Crippen LogP contribution in [0.5, 0.6) is 0 Å². The van der Waals surface area contributed by atoms with Gasteiger partial charge in [-0.25, -0.2) is 4.79 Å². The monoisotopic (exact) mass is 258 g/mol. The molecule has 0 bridgehead atoms. The van der Waals surface area contributed by atoms with Crippen molar-refractivity contribution < 1.29 is 28.6 Å². The molecule has 0 radical (unpaired) electrons. The van der Waals surface area contributed by atoms with Crippen LogP contribution >= 0.6 is 0 Å². The molecule has 0 rings (SSSR count). The summed E-state index contributed by atoms with van der Waals surface area (Å²) in [7, 11) is 0. The van der Waals surface area contributed by atoms with E-state index in [0.29, 0.717) is 0 Å². The van der Waals surface area contributed by atoms with Crippen LogP contribution in [0.3, 0.4) is 0 Å². The van der Waals surface area contributed by atoms with Crippen molar-refractivity contribution in [2.45, 2.75) is 26.7 Å². The maximum absolute atomic E-state index is 11.1. The predicted octanol–water partition coefficient (Wildman–Crippen LogP) is 0.992. The quantitative estimate of drug-likeness (QED) is 0.279. The molecule has 0 fully saturated rings. The van der Waals surface area contributed by atoms with E-state index in [9.17, 15) is 14.4 Å². The molecule has 0 aliphatic rings. The fraction of sp³-hybridized carbons (Fsp3) is 0.583. The normalized spacial score (nSPS) is 9.44. The Morgan fingerprint density at radius 1 is 0.944 bits per heavy atom. The molecule has 0 heterocycles. The molecule has 0 atom stereocenters. The lowest BCUT2D eigenvalue weighted by atomic mass is 10.3. The van der Waals surface area contributed by atoms with Gasteiger partial charge < -0.3 is 14.2 Å². The van der Waals surface area contributed by atoms with Crippen LogP contribution in [-0.2, 0) is 28.6 Å². The number of carbonyl (C=O) groups is 3. The van der Waals surface area contributed by atoms with Crippen LogP contribution in [0.2, 0.25) is 0 Å². The first-order valence-corrected chi connectivity index (χ1v) is 5.61. The predicted molar refractivity (Wildman–Crippen MR) is 62.6 cm³/mol. The Hall–Kier alpha value is -1.85. The molecular formula is C12H18O6. The largest absolute Gasteiger partial charge is 0.466 e. The first kappa shape index (κ1) is 16.1. The summed E-state index contributed by atoms with van der Waals surface area (Å²) < 4.78 is 14.1. The first-order valence-electron chi connectivity index (χ1n) is 5.61. The summed E-state index contributed by atoms with van der Waals surface area (Å²) >= 11 is 0. The summed E-state index contributed by atoms with van der Waals surface area (Å²) in [6, 6.07) is 0. The van der Waals surface area contributed by atoms with E-state index in [1.54, 1.807) is 6.92 Å². The minimum absolute atomic E-state index is 0.0156. The van der Waals surface area contributed by atoms with Crippen LogP contribution in [0.25, 0.3) is 0 Å². The van der Waals surface area contributed by atoms with Gasteiger partial charge in [-0.3, -0.25) is 9.59 Å². The number of hydrogen-bond acceptors (Lipinski definition) is 6. The van der Waals surface area contributed by atoms with Gasteiger partial charge in [0, 0.05) is 5.57 Å². The second kappa shape index (κ2) is 9.21. The highest BCUT2D eigenvalue weighted by Gasteiger charge is 2.09. The molecular weight excluding hydrogens is 240 g/mol. The highest BCUT2D eigenvalue weighted by Crippen LogP contribution is 1.97. The second-order valence-electron chi connectivity index (χ2n) is 3.44. The maximum Gasteiger partial charge on any atom is 0.333 e. The van der Waals surface area contributed by atoms with Crippen molar-refractivity contribution in [2.75, 3.05) is 19.8 Å². The molecule has 0 aromatic heterocycles. The van der Waals surface area contributed by atoms with E-state index in [-0.39, 0.29) is 38.2 Å². The third kappa shape index (κ3) is 8.32. The number of carbonyl (C=O) groups excluding carboxylic acids is 3. The first-order chi connectivity index (χ1) is 8.47. The van der Waals surface area contributed by atoms with Crippen LogP contribution in [0.1, 0.15) is 26.7 Å². The van der Waals surface area contributed by atoms with Gasteiger partial charge in [0.15, 0.2) is 0 Å². The van der Waals surface area contributed by atoms with E-state index in [4.69, 9.17) is 9.47 Å². The molecule has 6 heteroatoms. The summed E-state index contributed by atoms with van der Waals surface area (Å²) in [5.74, 6) is -1.50. The zero-order chi connectivity index (χ0) is 14.0. The van der Waals surface area contributed by atoms with Gasteiger partial charge in [-0.1, -0.05) is 6.58 Å². The lowest BCUT2D eigenvalue weighted by Gasteiger charge is -2.06. The summed E-state index contributed by atoms with van der Waals surface area (Å²) in [6.07, 6.45) is -0.0640. The van der Waals surface area contributed by atoms with Crippen molar-refractivity contribution in [1.29, 1.82) is 0 Å². The van der Waals surface area contributed by atoms with Crippen LogP contribution in [0, 0.1) is 0 Å². The number of esters is 3. The molecule has 6 nitrogen and oxygen atoms in total. The molecule has 0 amide bonds. The lowest BCUT2D eigenvalue weighted by molar-refractivity contribution is -0.152. The molecule has 18 heavy (non-hydrogen) atoms. The van der Waals surface area contributed by atoms with Crippen molar-refractivity contribution >= 4 is 17.9 Å². The van der Waals surface area contributed by atoms with Gasteiger partial charge in [0.1, 0.15) is 13.2 Å². The molecule has 0 saturated heterocycles. The van der Waals surface area contributed by atoms with Crippen molar-refractivity contribution in [3.05, 3.63) is 12.2 Å². The average molecular weight is 258 g/mol. The maximum atomic E-state index is 11.1. The molecule has 0 saturated carbocycles. The number of ether oxygens (including phenoxy) is 3. The number of rotatable bonds is 8. The summed E-state index contributed by atoms with van der Waals surface area (Å²) in [5.41, 5.74) is 0.281. The molecule has 102 valence electrons. The van der Waals surface area contributed by atoms with Crippen LogP contribution in [0.4, 0.5) is 0 Å². The Balaban J connectivity index is 3.57.